The Bertz CT molecular complexity index is 281. The summed E-state index contributed by atoms with van der Waals surface area (Å²) in [7, 11) is 0. The fourth-order valence-electron chi connectivity index (χ4n) is 2.22. The van der Waals surface area contributed by atoms with E-state index in [9.17, 15) is 0 Å². The molecule has 1 nitrogen and oxygen atoms in total. The van der Waals surface area contributed by atoms with Crippen molar-refractivity contribution >= 4 is 0 Å². The highest BCUT2D eigenvalue weighted by Crippen LogP contribution is 2.16. The Kier molecular flexibility index (Phi) is 13.7. The fraction of sp³-hybridized carbons (Fsp3) is 0.684. The lowest BCUT2D eigenvalue weighted by atomic mass is 9.97. The van der Waals surface area contributed by atoms with E-state index in [1.165, 1.54) is 57.8 Å². The Balaban J connectivity index is 0.000000428. The highest BCUT2D eigenvalue weighted by atomic mass is 16.3. The minimum Gasteiger partial charge on any atom is -0.508 e. The summed E-state index contributed by atoms with van der Waals surface area (Å²) in [6.45, 7) is 6.98. The van der Waals surface area contributed by atoms with E-state index in [4.69, 9.17) is 5.11 Å². The summed E-state index contributed by atoms with van der Waals surface area (Å²) in [4.78, 5) is 0. The van der Waals surface area contributed by atoms with Gasteiger partial charge in [0.2, 0.25) is 0 Å². The molecule has 0 saturated heterocycles. The monoisotopic (exact) mass is 278 g/mol. The molecule has 0 bridgehead atoms. The van der Waals surface area contributed by atoms with Crippen LogP contribution < -0.4 is 0 Å². The summed E-state index contributed by atoms with van der Waals surface area (Å²) < 4.78 is 0. The molecule has 0 amide bonds. The van der Waals surface area contributed by atoms with Crippen molar-refractivity contribution in [2.24, 2.45) is 5.92 Å². The molecule has 0 aliphatic carbocycles. The second-order valence-corrected chi connectivity index (χ2v) is 5.79. The second kappa shape index (κ2) is 14.4. The zero-order valence-corrected chi connectivity index (χ0v) is 13.8. The van der Waals surface area contributed by atoms with Crippen LogP contribution in [0.15, 0.2) is 30.3 Å². The molecule has 0 aliphatic heterocycles. The van der Waals surface area contributed by atoms with E-state index < -0.39 is 0 Å². The van der Waals surface area contributed by atoms with Crippen molar-refractivity contribution in [3.8, 4) is 5.75 Å². The van der Waals surface area contributed by atoms with Gasteiger partial charge in [0.15, 0.2) is 0 Å². The number of rotatable bonds is 9. The third kappa shape index (κ3) is 13.5. The molecule has 0 radical (unpaired) electrons. The van der Waals surface area contributed by atoms with Crippen molar-refractivity contribution < 1.29 is 5.11 Å². The summed E-state index contributed by atoms with van der Waals surface area (Å²) >= 11 is 0. The first-order valence-electron chi connectivity index (χ1n) is 8.44. The zero-order valence-electron chi connectivity index (χ0n) is 13.8. The molecule has 1 aromatic rings. The van der Waals surface area contributed by atoms with Crippen molar-refractivity contribution in [3.63, 3.8) is 0 Å². The van der Waals surface area contributed by atoms with Gasteiger partial charge in [0.05, 0.1) is 0 Å². The first-order chi connectivity index (χ1) is 9.70. The molecule has 116 valence electrons. The molecule has 0 spiro atoms. The number of phenols is 1. The largest absolute Gasteiger partial charge is 0.508 e. The highest BCUT2D eigenvalue weighted by Gasteiger charge is 2.00. The third-order valence-corrected chi connectivity index (χ3v) is 3.61. The van der Waals surface area contributed by atoms with Gasteiger partial charge >= 0.3 is 0 Å². The highest BCUT2D eigenvalue weighted by molar-refractivity contribution is 5.18. The van der Waals surface area contributed by atoms with Gasteiger partial charge < -0.3 is 5.11 Å². The van der Waals surface area contributed by atoms with E-state index in [1.54, 1.807) is 24.3 Å². The van der Waals surface area contributed by atoms with Gasteiger partial charge in [-0.25, -0.2) is 0 Å². The van der Waals surface area contributed by atoms with Gasteiger partial charge in [-0.05, 0) is 18.1 Å². The molecule has 0 aliphatic rings. The van der Waals surface area contributed by atoms with E-state index in [2.05, 4.69) is 20.8 Å². The number of phenolic OH excluding ortho intramolecular Hbond substituents is 1. The molecule has 0 fully saturated rings. The summed E-state index contributed by atoms with van der Waals surface area (Å²) in [5.74, 6) is 1.30. The van der Waals surface area contributed by atoms with Gasteiger partial charge in [-0.15, -0.1) is 0 Å². The average Bonchev–Trinajstić information content (AvgIpc) is 2.46. The number of benzene rings is 1. The van der Waals surface area contributed by atoms with Crippen LogP contribution in [0.5, 0.6) is 5.75 Å². The van der Waals surface area contributed by atoms with Crippen LogP contribution in [-0.4, -0.2) is 5.11 Å². The smallest absolute Gasteiger partial charge is 0.115 e. The van der Waals surface area contributed by atoms with Crippen LogP contribution in [0.4, 0.5) is 0 Å². The molecule has 1 rings (SSSR count). The van der Waals surface area contributed by atoms with Crippen LogP contribution in [0.25, 0.3) is 0 Å². The lowest BCUT2D eigenvalue weighted by Gasteiger charge is -2.09. The summed E-state index contributed by atoms with van der Waals surface area (Å²) in [5.41, 5.74) is 0. The molecular formula is C19H34O. The second-order valence-electron chi connectivity index (χ2n) is 5.79. The van der Waals surface area contributed by atoms with E-state index in [0.717, 1.165) is 5.92 Å². The molecule has 0 saturated carbocycles. The minimum atomic E-state index is 0.322. The predicted molar refractivity (Wildman–Crippen MR) is 90.2 cm³/mol. The summed E-state index contributed by atoms with van der Waals surface area (Å²) in [6, 6.07) is 8.71. The van der Waals surface area contributed by atoms with Gasteiger partial charge in [-0.1, -0.05) is 96.8 Å². The van der Waals surface area contributed by atoms with Crippen LogP contribution in [-0.2, 0) is 0 Å². The van der Waals surface area contributed by atoms with Crippen molar-refractivity contribution in [2.45, 2.75) is 78.6 Å². The van der Waals surface area contributed by atoms with Gasteiger partial charge in [-0.2, -0.15) is 0 Å². The SMILES string of the molecule is CCCCCCCC(C)CCCC.Oc1ccccc1. The molecule has 1 unspecified atom stereocenters. The van der Waals surface area contributed by atoms with Crippen molar-refractivity contribution in [1.82, 2.24) is 0 Å². The molecule has 0 aromatic heterocycles. The first kappa shape index (κ1) is 19.0. The molecule has 1 heteroatoms. The van der Waals surface area contributed by atoms with Crippen LogP contribution in [0.3, 0.4) is 0 Å². The summed E-state index contributed by atoms with van der Waals surface area (Å²) in [6.07, 6.45) is 12.9. The number of hydrogen-bond donors (Lipinski definition) is 1. The van der Waals surface area contributed by atoms with E-state index >= 15 is 0 Å². The van der Waals surface area contributed by atoms with Crippen molar-refractivity contribution in [1.29, 1.82) is 0 Å². The third-order valence-electron chi connectivity index (χ3n) is 3.61. The van der Waals surface area contributed by atoms with Gasteiger partial charge in [0.1, 0.15) is 5.75 Å². The number of hydrogen-bond acceptors (Lipinski definition) is 1. The fourth-order valence-corrected chi connectivity index (χ4v) is 2.22. The standard InChI is InChI=1S/C13H28.C6H6O/c1-4-6-8-9-10-12-13(3)11-7-5-2;7-6-4-2-1-3-5-6/h13H,4-12H2,1-3H3;1-5,7H. The van der Waals surface area contributed by atoms with Gasteiger partial charge in [0, 0.05) is 0 Å². The van der Waals surface area contributed by atoms with Crippen molar-refractivity contribution in [2.75, 3.05) is 0 Å². The Labute approximate surface area is 126 Å². The lowest BCUT2D eigenvalue weighted by molar-refractivity contribution is 0.443. The van der Waals surface area contributed by atoms with Gasteiger partial charge in [0.25, 0.3) is 0 Å². The Morgan fingerprint density at radius 2 is 1.35 bits per heavy atom. The maximum atomic E-state index is 8.63. The molecule has 1 atom stereocenters. The summed E-state index contributed by atoms with van der Waals surface area (Å²) in [5, 5.41) is 8.63. The number of para-hydroxylation sites is 1. The average molecular weight is 278 g/mol. The maximum Gasteiger partial charge on any atom is 0.115 e. The molecule has 20 heavy (non-hydrogen) atoms. The predicted octanol–water partition coefficient (Wildman–Crippen LogP) is 6.57. The molecular weight excluding hydrogens is 244 g/mol. The molecule has 0 heterocycles. The Morgan fingerprint density at radius 3 is 1.85 bits per heavy atom. The van der Waals surface area contributed by atoms with E-state index in [1.807, 2.05) is 6.07 Å². The Hall–Kier alpha value is -0.980. The van der Waals surface area contributed by atoms with E-state index in [-0.39, 0.29) is 0 Å². The topological polar surface area (TPSA) is 20.2 Å². The Morgan fingerprint density at radius 1 is 0.800 bits per heavy atom. The van der Waals surface area contributed by atoms with Crippen LogP contribution in [0.1, 0.15) is 78.6 Å². The van der Waals surface area contributed by atoms with Crippen LogP contribution in [0, 0.1) is 5.92 Å². The van der Waals surface area contributed by atoms with E-state index in [0.29, 0.717) is 5.75 Å². The number of unbranched alkanes of at least 4 members (excludes halogenated alkanes) is 5. The minimum absolute atomic E-state index is 0.322. The maximum absolute atomic E-state index is 8.63. The van der Waals surface area contributed by atoms with Crippen LogP contribution in [0.2, 0.25) is 0 Å². The molecule has 1 N–H and O–H groups in total. The lowest BCUT2D eigenvalue weighted by Crippen LogP contribution is -1.94. The first-order valence-corrected chi connectivity index (χ1v) is 8.44. The normalized spacial score (nSPS) is 11.6. The van der Waals surface area contributed by atoms with Gasteiger partial charge in [-0.3, -0.25) is 0 Å². The van der Waals surface area contributed by atoms with Crippen LogP contribution >= 0.6 is 0 Å². The molecule has 1 aromatic carbocycles. The quantitative estimate of drug-likeness (QED) is 0.507. The van der Waals surface area contributed by atoms with Crippen molar-refractivity contribution in [3.05, 3.63) is 30.3 Å². The zero-order chi connectivity index (χ0) is 15.1. The number of aromatic hydroxyl groups is 1.